The van der Waals surface area contributed by atoms with Crippen molar-refractivity contribution in [3.63, 3.8) is 0 Å². The van der Waals surface area contributed by atoms with Crippen LogP contribution in [0.25, 0.3) is 0 Å². The highest BCUT2D eigenvalue weighted by Gasteiger charge is 2.30. The van der Waals surface area contributed by atoms with Gasteiger partial charge in [-0.25, -0.2) is 0 Å². The third-order valence-electron chi connectivity index (χ3n) is 4.32. The summed E-state index contributed by atoms with van der Waals surface area (Å²) in [6.45, 7) is 1.11. The summed E-state index contributed by atoms with van der Waals surface area (Å²) in [7, 11) is 0. The van der Waals surface area contributed by atoms with Crippen molar-refractivity contribution in [2.75, 3.05) is 13.1 Å². The molecule has 1 aromatic carbocycles. The standard InChI is InChI=1S/C19H19F3N2O2/c20-19(21,22)15-5-3-14(4-6-15)12-18(25)24-11-1-2-17(13-24)26-16-7-9-23-10-8-16/h3-10,17H,1-2,11-13H2. The van der Waals surface area contributed by atoms with E-state index in [0.29, 0.717) is 24.4 Å². The van der Waals surface area contributed by atoms with Crippen LogP contribution in [0.3, 0.4) is 0 Å². The molecule has 2 aromatic rings. The van der Waals surface area contributed by atoms with E-state index in [9.17, 15) is 18.0 Å². The molecule has 0 aliphatic carbocycles. The highest BCUT2D eigenvalue weighted by Crippen LogP contribution is 2.29. The van der Waals surface area contributed by atoms with Gasteiger partial charge in [0.15, 0.2) is 0 Å². The minimum atomic E-state index is -4.37. The van der Waals surface area contributed by atoms with Crippen LogP contribution >= 0.6 is 0 Å². The predicted molar refractivity (Wildman–Crippen MR) is 89.6 cm³/mol. The van der Waals surface area contributed by atoms with Gasteiger partial charge < -0.3 is 9.64 Å². The maximum Gasteiger partial charge on any atom is 0.416 e. The summed E-state index contributed by atoms with van der Waals surface area (Å²) in [5.41, 5.74) is -0.141. The van der Waals surface area contributed by atoms with Gasteiger partial charge >= 0.3 is 6.18 Å². The zero-order valence-corrected chi connectivity index (χ0v) is 14.1. The Labute approximate surface area is 149 Å². The van der Waals surface area contributed by atoms with E-state index in [4.69, 9.17) is 4.74 Å². The quantitative estimate of drug-likeness (QED) is 0.831. The molecule has 1 saturated heterocycles. The van der Waals surface area contributed by atoms with E-state index in [1.54, 1.807) is 29.4 Å². The molecular weight excluding hydrogens is 345 g/mol. The van der Waals surface area contributed by atoms with Crippen LogP contribution in [0, 0.1) is 0 Å². The predicted octanol–water partition coefficient (Wildman–Crippen LogP) is 3.71. The average Bonchev–Trinajstić information content (AvgIpc) is 2.62. The molecule has 0 bridgehead atoms. The molecule has 138 valence electrons. The number of piperidine rings is 1. The molecule has 0 radical (unpaired) electrons. The summed E-state index contributed by atoms with van der Waals surface area (Å²) in [4.78, 5) is 18.1. The molecule has 4 nitrogen and oxygen atoms in total. The fourth-order valence-corrected chi connectivity index (χ4v) is 2.97. The molecule has 7 heteroatoms. The van der Waals surface area contributed by atoms with Crippen molar-refractivity contribution in [1.29, 1.82) is 0 Å². The van der Waals surface area contributed by atoms with Gasteiger partial charge in [0.1, 0.15) is 11.9 Å². The molecule has 1 amide bonds. The highest BCUT2D eigenvalue weighted by atomic mass is 19.4. The van der Waals surface area contributed by atoms with Crippen LogP contribution < -0.4 is 4.74 Å². The van der Waals surface area contributed by atoms with E-state index >= 15 is 0 Å². The molecule has 0 N–H and O–H groups in total. The van der Waals surface area contributed by atoms with E-state index in [-0.39, 0.29) is 18.4 Å². The Morgan fingerprint density at radius 3 is 2.50 bits per heavy atom. The SMILES string of the molecule is O=C(Cc1ccc(C(F)(F)F)cc1)N1CCCC(Oc2ccncc2)C1. The molecule has 2 heterocycles. The number of hydrogen-bond acceptors (Lipinski definition) is 3. The van der Waals surface area contributed by atoms with Gasteiger partial charge in [0.25, 0.3) is 0 Å². The van der Waals surface area contributed by atoms with Crippen LogP contribution in [0.5, 0.6) is 5.75 Å². The zero-order valence-electron chi connectivity index (χ0n) is 14.1. The second kappa shape index (κ2) is 7.76. The molecular formula is C19H19F3N2O2. The van der Waals surface area contributed by atoms with Crippen molar-refractivity contribution in [2.24, 2.45) is 0 Å². The molecule has 1 atom stereocenters. The second-order valence-electron chi connectivity index (χ2n) is 6.28. The van der Waals surface area contributed by atoms with Crippen LogP contribution in [-0.2, 0) is 17.4 Å². The maximum absolute atomic E-state index is 12.6. The minimum absolute atomic E-state index is 0.0834. The lowest BCUT2D eigenvalue weighted by atomic mass is 10.0. The van der Waals surface area contributed by atoms with Crippen LogP contribution in [-0.4, -0.2) is 35.0 Å². The monoisotopic (exact) mass is 364 g/mol. The molecule has 1 aromatic heterocycles. The molecule has 1 unspecified atom stereocenters. The van der Waals surface area contributed by atoms with E-state index in [2.05, 4.69) is 4.98 Å². The number of hydrogen-bond donors (Lipinski definition) is 0. The molecule has 0 spiro atoms. The van der Waals surface area contributed by atoms with Gasteiger partial charge in [0.05, 0.1) is 18.5 Å². The van der Waals surface area contributed by atoms with E-state index < -0.39 is 11.7 Å². The molecule has 1 aliphatic rings. The van der Waals surface area contributed by atoms with Crippen LogP contribution in [0.2, 0.25) is 0 Å². The number of rotatable bonds is 4. The van der Waals surface area contributed by atoms with Gasteiger partial charge in [-0.1, -0.05) is 12.1 Å². The van der Waals surface area contributed by atoms with Crippen LogP contribution in [0.4, 0.5) is 13.2 Å². The Hall–Kier alpha value is -2.57. The number of likely N-dealkylation sites (tertiary alicyclic amines) is 1. The van der Waals surface area contributed by atoms with Crippen molar-refractivity contribution in [3.05, 3.63) is 59.9 Å². The third kappa shape index (κ3) is 4.74. The third-order valence-corrected chi connectivity index (χ3v) is 4.32. The molecule has 0 saturated carbocycles. The Balaban J connectivity index is 1.57. The van der Waals surface area contributed by atoms with Crippen molar-refractivity contribution in [2.45, 2.75) is 31.5 Å². The van der Waals surface area contributed by atoms with Crippen LogP contribution in [0.15, 0.2) is 48.8 Å². The first-order chi connectivity index (χ1) is 12.4. The van der Waals surface area contributed by atoms with Crippen molar-refractivity contribution >= 4 is 5.91 Å². The summed E-state index contributed by atoms with van der Waals surface area (Å²) in [5.74, 6) is 0.606. The number of carbonyl (C=O) groups is 1. The van der Waals surface area contributed by atoms with Gasteiger partial charge in [0.2, 0.25) is 5.91 Å². The van der Waals surface area contributed by atoms with E-state index in [0.717, 1.165) is 25.0 Å². The van der Waals surface area contributed by atoms with Gasteiger partial charge in [-0.2, -0.15) is 13.2 Å². The first-order valence-corrected chi connectivity index (χ1v) is 8.42. The lowest BCUT2D eigenvalue weighted by molar-refractivity contribution is -0.137. The largest absolute Gasteiger partial charge is 0.488 e. The highest BCUT2D eigenvalue weighted by molar-refractivity contribution is 5.79. The van der Waals surface area contributed by atoms with Gasteiger partial charge in [-0.15, -0.1) is 0 Å². The van der Waals surface area contributed by atoms with Gasteiger partial charge in [0, 0.05) is 18.9 Å². The summed E-state index contributed by atoms with van der Waals surface area (Å²) in [5, 5.41) is 0. The Morgan fingerprint density at radius 1 is 1.15 bits per heavy atom. The lowest BCUT2D eigenvalue weighted by Crippen LogP contribution is -2.45. The number of pyridine rings is 1. The fourth-order valence-electron chi connectivity index (χ4n) is 2.97. The maximum atomic E-state index is 12.6. The average molecular weight is 364 g/mol. The Kier molecular flexibility index (Phi) is 5.44. The van der Waals surface area contributed by atoms with Gasteiger partial charge in [-0.3, -0.25) is 9.78 Å². The number of benzene rings is 1. The first kappa shape index (κ1) is 18.2. The van der Waals surface area contributed by atoms with E-state index in [1.165, 1.54) is 12.1 Å². The molecule has 1 fully saturated rings. The molecule has 26 heavy (non-hydrogen) atoms. The summed E-state index contributed by atoms with van der Waals surface area (Å²) >= 11 is 0. The van der Waals surface area contributed by atoms with Gasteiger partial charge in [-0.05, 0) is 42.7 Å². The minimum Gasteiger partial charge on any atom is -0.488 e. The van der Waals surface area contributed by atoms with Crippen molar-refractivity contribution in [1.82, 2.24) is 9.88 Å². The summed E-state index contributed by atoms with van der Waals surface area (Å²) < 4.78 is 43.7. The van der Waals surface area contributed by atoms with Crippen molar-refractivity contribution in [3.8, 4) is 5.75 Å². The van der Waals surface area contributed by atoms with Crippen molar-refractivity contribution < 1.29 is 22.7 Å². The number of aromatic nitrogens is 1. The number of alkyl halides is 3. The molecule has 1 aliphatic heterocycles. The van der Waals surface area contributed by atoms with E-state index in [1.807, 2.05) is 0 Å². The van der Waals surface area contributed by atoms with Crippen LogP contribution in [0.1, 0.15) is 24.0 Å². The first-order valence-electron chi connectivity index (χ1n) is 8.42. The topological polar surface area (TPSA) is 42.4 Å². The fraction of sp³-hybridized carbons (Fsp3) is 0.368. The number of halogens is 3. The number of ether oxygens (including phenoxy) is 1. The number of carbonyl (C=O) groups excluding carboxylic acids is 1. The normalized spacial score (nSPS) is 17.8. The smallest absolute Gasteiger partial charge is 0.416 e. The lowest BCUT2D eigenvalue weighted by Gasteiger charge is -2.33. The molecule has 3 rings (SSSR count). The number of nitrogens with zero attached hydrogens (tertiary/aromatic N) is 2. The second-order valence-corrected chi connectivity index (χ2v) is 6.28. The summed E-state index contributed by atoms with van der Waals surface area (Å²) in [6.07, 6.45) is 0.591. The Bertz CT molecular complexity index is 733. The number of amides is 1. The summed E-state index contributed by atoms with van der Waals surface area (Å²) in [6, 6.07) is 8.26. The Morgan fingerprint density at radius 2 is 1.85 bits per heavy atom. The zero-order chi connectivity index (χ0) is 18.6.